The van der Waals surface area contributed by atoms with Gasteiger partial charge in [0.25, 0.3) is 0 Å². The predicted octanol–water partition coefficient (Wildman–Crippen LogP) is -4.25. The number of carboxylic acids is 1. The first-order chi connectivity index (χ1) is 10.00. The lowest BCUT2D eigenvalue weighted by Gasteiger charge is -2.45. The lowest BCUT2D eigenvalue weighted by Crippen LogP contribution is -2.68. The average molecular weight is 348 g/mol. The highest BCUT2D eigenvalue weighted by Gasteiger charge is 2.60. The van der Waals surface area contributed by atoms with Crippen LogP contribution in [0.15, 0.2) is 0 Å². The van der Waals surface area contributed by atoms with Crippen molar-refractivity contribution in [2.45, 2.75) is 36.1 Å². The quantitative estimate of drug-likeness (QED) is 0.214. The molecule has 13 heteroatoms. The van der Waals surface area contributed by atoms with Gasteiger partial charge in [0.2, 0.25) is 5.60 Å². The predicted molar refractivity (Wildman–Crippen MR) is 64.3 cm³/mol. The Labute approximate surface area is 123 Å². The summed E-state index contributed by atoms with van der Waals surface area (Å²) < 4.78 is 19.9. The fourth-order valence-corrected chi connectivity index (χ4v) is 2.76. The summed E-state index contributed by atoms with van der Waals surface area (Å²) in [5.74, 6) is -2.09. The van der Waals surface area contributed by atoms with Gasteiger partial charge in [-0.2, -0.15) is 0 Å². The normalized spacial score (nSPS) is 35.9. The van der Waals surface area contributed by atoms with Crippen LogP contribution in [0, 0.1) is 0 Å². The monoisotopic (exact) mass is 348 g/mol. The van der Waals surface area contributed by atoms with Crippen LogP contribution in [-0.4, -0.2) is 95.7 Å². The number of phosphoric acid groups is 1. The molecule has 0 saturated carbocycles. The first kappa shape index (κ1) is 19.4. The van der Waals surface area contributed by atoms with Gasteiger partial charge in [-0.25, -0.2) is 9.36 Å². The molecule has 1 heterocycles. The topological polar surface area (TPSA) is 214 Å². The van der Waals surface area contributed by atoms with E-state index >= 15 is 0 Å². The first-order valence-electron chi connectivity index (χ1n) is 5.91. The largest absolute Gasteiger partial charge is 0.479 e. The highest BCUT2D eigenvalue weighted by Crippen LogP contribution is 2.45. The van der Waals surface area contributed by atoms with Crippen LogP contribution in [0.25, 0.3) is 0 Å². The van der Waals surface area contributed by atoms with Gasteiger partial charge in [-0.1, -0.05) is 0 Å². The molecular formula is C9H17O12P. The standard InChI is InChI=1S/C9H17O12P/c10-1-3-4(12)5(13)6(14)7(20-3)9(2-11,8(15)16)21-22(17,18)19/h3-7,10-14H,1-2H2,(H,15,16)(H2,17,18,19)/t3-,4-,5+,6-,7?,9?/m1/s1. The third-order valence-electron chi connectivity index (χ3n) is 3.23. The summed E-state index contributed by atoms with van der Waals surface area (Å²) in [7, 11) is -5.45. The number of aliphatic hydroxyl groups is 5. The number of hydrogen-bond acceptors (Lipinski definition) is 9. The number of aliphatic hydroxyl groups excluding tert-OH is 5. The Hall–Kier alpha value is -0.660. The van der Waals surface area contributed by atoms with Gasteiger partial charge in [0.15, 0.2) is 0 Å². The van der Waals surface area contributed by atoms with Gasteiger partial charge in [0.05, 0.1) is 13.2 Å². The van der Waals surface area contributed by atoms with Crippen LogP contribution in [0.2, 0.25) is 0 Å². The molecule has 0 spiro atoms. The lowest BCUT2D eigenvalue weighted by molar-refractivity contribution is -0.271. The maximum absolute atomic E-state index is 11.3. The molecule has 0 aromatic heterocycles. The van der Waals surface area contributed by atoms with Crippen molar-refractivity contribution in [2.24, 2.45) is 0 Å². The van der Waals surface area contributed by atoms with E-state index in [4.69, 9.17) is 24.7 Å². The molecule has 2 unspecified atom stereocenters. The number of ether oxygens (including phenoxy) is 1. The summed E-state index contributed by atoms with van der Waals surface area (Å²) in [6.07, 6.45) is -9.74. The minimum atomic E-state index is -5.45. The van der Waals surface area contributed by atoms with E-state index < -0.39 is 63.1 Å². The Morgan fingerprint density at radius 1 is 1.14 bits per heavy atom. The smallest absolute Gasteiger partial charge is 0.470 e. The summed E-state index contributed by atoms with van der Waals surface area (Å²) in [5, 5.41) is 56.4. The van der Waals surface area contributed by atoms with Crippen LogP contribution >= 0.6 is 7.82 Å². The Bertz CT molecular complexity index is 448. The van der Waals surface area contributed by atoms with Gasteiger partial charge in [0, 0.05) is 0 Å². The molecule has 130 valence electrons. The van der Waals surface area contributed by atoms with Gasteiger partial charge in [-0.15, -0.1) is 0 Å². The van der Waals surface area contributed by atoms with Gasteiger partial charge >= 0.3 is 13.8 Å². The molecule has 0 amide bonds. The zero-order valence-electron chi connectivity index (χ0n) is 11.0. The van der Waals surface area contributed by atoms with E-state index in [9.17, 15) is 29.8 Å². The molecule has 0 aromatic rings. The third kappa shape index (κ3) is 3.63. The van der Waals surface area contributed by atoms with E-state index in [1.165, 1.54) is 0 Å². The van der Waals surface area contributed by atoms with E-state index in [0.717, 1.165) is 0 Å². The van der Waals surface area contributed by atoms with Crippen molar-refractivity contribution in [1.29, 1.82) is 0 Å². The third-order valence-corrected chi connectivity index (χ3v) is 3.79. The number of carbonyl (C=O) groups is 1. The first-order valence-corrected chi connectivity index (χ1v) is 7.44. The van der Waals surface area contributed by atoms with Crippen LogP contribution in [0.4, 0.5) is 0 Å². The average Bonchev–Trinajstić information content (AvgIpc) is 2.41. The van der Waals surface area contributed by atoms with Crippen molar-refractivity contribution in [3.63, 3.8) is 0 Å². The molecular weight excluding hydrogens is 331 g/mol. The summed E-state index contributed by atoms with van der Waals surface area (Å²) in [6.45, 7) is -2.44. The second-order valence-electron chi connectivity index (χ2n) is 4.68. The maximum atomic E-state index is 11.3. The van der Waals surface area contributed by atoms with E-state index in [2.05, 4.69) is 4.52 Å². The number of hydrogen-bond donors (Lipinski definition) is 8. The second-order valence-corrected chi connectivity index (χ2v) is 5.85. The molecule has 0 aliphatic carbocycles. The summed E-state index contributed by atoms with van der Waals surface area (Å²) >= 11 is 0. The minimum absolute atomic E-state index is 0.904. The van der Waals surface area contributed by atoms with E-state index in [-0.39, 0.29) is 0 Å². The highest BCUT2D eigenvalue weighted by atomic mass is 31.2. The zero-order chi connectivity index (χ0) is 17.3. The highest BCUT2D eigenvalue weighted by molar-refractivity contribution is 7.46. The molecule has 1 aliphatic heterocycles. The Morgan fingerprint density at radius 3 is 2.05 bits per heavy atom. The van der Waals surface area contributed by atoms with Gasteiger partial charge in [0.1, 0.15) is 30.5 Å². The number of rotatable bonds is 6. The molecule has 12 nitrogen and oxygen atoms in total. The fraction of sp³-hybridized carbons (Fsp3) is 0.889. The Morgan fingerprint density at radius 2 is 1.68 bits per heavy atom. The molecule has 6 atom stereocenters. The van der Waals surface area contributed by atoms with Gasteiger partial charge < -0.3 is 45.2 Å². The van der Waals surface area contributed by atoms with Crippen molar-refractivity contribution < 1.29 is 59.0 Å². The molecule has 1 fully saturated rings. The number of phosphoric ester groups is 1. The van der Waals surface area contributed by atoms with Crippen molar-refractivity contribution in [3.05, 3.63) is 0 Å². The number of aliphatic carboxylic acids is 1. The molecule has 1 saturated heterocycles. The zero-order valence-corrected chi connectivity index (χ0v) is 11.9. The lowest BCUT2D eigenvalue weighted by atomic mass is 9.85. The molecule has 0 bridgehead atoms. The van der Waals surface area contributed by atoms with E-state index in [1.807, 2.05) is 0 Å². The van der Waals surface area contributed by atoms with Crippen molar-refractivity contribution in [1.82, 2.24) is 0 Å². The van der Waals surface area contributed by atoms with Crippen molar-refractivity contribution in [3.8, 4) is 0 Å². The second kappa shape index (κ2) is 6.84. The van der Waals surface area contributed by atoms with Crippen molar-refractivity contribution in [2.75, 3.05) is 13.2 Å². The SMILES string of the molecule is O=C(O)C(CO)(OP(=O)(O)O)C1O[C@H](CO)[C@@H](O)[C@H](O)[C@H]1O. The van der Waals surface area contributed by atoms with Crippen LogP contribution in [0.5, 0.6) is 0 Å². The fourth-order valence-electron chi connectivity index (χ4n) is 2.10. The Balaban J connectivity index is 3.28. The summed E-state index contributed by atoms with van der Waals surface area (Å²) in [6, 6.07) is 0. The van der Waals surface area contributed by atoms with Crippen LogP contribution in [-0.2, 0) is 18.6 Å². The van der Waals surface area contributed by atoms with Crippen molar-refractivity contribution >= 4 is 13.8 Å². The molecule has 1 rings (SSSR count). The summed E-state index contributed by atoms with van der Waals surface area (Å²) in [5.41, 5.74) is -3.13. The maximum Gasteiger partial charge on any atom is 0.470 e. The molecule has 8 N–H and O–H groups in total. The van der Waals surface area contributed by atoms with Crippen LogP contribution in [0.1, 0.15) is 0 Å². The number of carboxylic acid groups (broad SMARTS) is 1. The summed E-state index contributed by atoms with van der Waals surface area (Å²) in [4.78, 5) is 28.9. The van der Waals surface area contributed by atoms with E-state index in [1.54, 1.807) is 0 Å². The van der Waals surface area contributed by atoms with E-state index in [0.29, 0.717) is 0 Å². The van der Waals surface area contributed by atoms with Gasteiger partial charge in [-0.05, 0) is 0 Å². The Kier molecular flexibility index (Phi) is 6.03. The van der Waals surface area contributed by atoms with Gasteiger partial charge in [-0.3, -0.25) is 4.52 Å². The van der Waals surface area contributed by atoms with Crippen LogP contribution < -0.4 is 0 Å². The molecule has 1 aliphatic rings. The molecule has 0 radical (unpaired) electrons. The minimum Gasteiger partial charge on any atom is -0.479 e. The molecule has 0 aromatic carbocycles. The van der Waals surface area contributed by atoms with Crippen LogP contribution in [0.3, 0.4) is 0 Å². The molecule has 22 heavy (non-hydrogen) atoms.